The second-order valence-electron chi connectivity index (χ2n) is 6.26. The van der Waals surface area contributed by atoms with E-state index in [1.54, 1.807) is 31.4 Å². The summed E-state index contributed by atoms with van der Waals surface area (Å²) < 4.78 is 15.6. The van der Waals surface area contributed by atoms with Crippen molar-refractivity contribution in [3.05, 3.63) is 59.2 Å². The van der Waals surface area contributed by atoms with E-state index in [1.807, 2.05) is 32.0 Å². The highest BCUT2D eigenvalue weighted by Crippen LogP contribution is 2.25. The molecule has 28 heavy (non-hydrogen) atoms. The molecule has 0 saturated heterocycles. The van der Waals surface area contributed by atoms with Crippen LogP contribution in [0.5, 0.6) is 11.5 Å². The highest BCUT2D eigenvalue weighted by atomic mass is 16.5. The average Bonchev–Trinajstić information content (AvgIpc) is 2.69. The average molecular weight is 383 g/mol. The van der Waals surface area contributed by atoms with Crippen molar-refractivity contribution < 1.29 is 23.8 Å². The lowest BCUT2D eigenvalue weighted by molar-refractivity contribution is -0.148. The summed E-state index contributed by atoms with van der Waals surface area (Å²) >= 11 is 0. The van der Waals surface area contributed by atoms with Crippen LogP contribution >= 0.6 is 0 Å². The Hall–Kier alpha value is -3.28. The molecule has 0 bridgehead atoms. The van der Waals surface area contributed by atoms with E-state index in [4.69, 9.17) is 14.2 Å². The van der Waals surface area contributed by atoms with Gasteiger partial charge < -0.3 is 19.5 Å². The molecule has 6 heteroatoms. The largest absolute Gasteiger partial charge is 0.497 e. The highest BCUT2D eigenvalue weighted by molar-refractivity contribution is 5.97. The summed E-state index contributed by atoms with van der Waals surface area (Å²) in [5, 5.41) is 2.79. The maximum Gasteiger partial charge on any atom is 0.331 e. The van der Waals surface area contributed by atoms with E-state index in [2.05, 4.69) is 5.32 Å². The van der Waals surface area contributed by atoms with Gasteiger partial charge in [0.2, 0.25) is 0 Å². The van der Waals surface area contributed by atoms with E-state index in [1.165, 1.54) is 20.1 Å². The Morgan fingerprint density at radius 1 is 1.07 bits per heavy atom. The van der Waals surface area contributed by atoms with Crippen LogP contribution in [0, 0.1) is 13.8 Å². The van der Waals surface area contributed by atoms with Crippen molar-refractivity contribution in [2.75, 3.05) is 19.5 Å². The molecule has 1 amide bonds. The van der Waals surface area contributed by atoms with Crippen molar-refractivity contribution >= 4 is 23.6 Å². The molecule has 0 aliphatic carbocycles. The van der Waals surface area contributed by atoms with Gasteiger partial charge >= 0.3 is 5.97 Å². The van der Waals surface area contributed by atoms with E-state index in [9.17, 15) is 9.59 Å². The monoisotopic (exact) mass is 383 g/mol. The molecule has 148 valence electrons. The Labute approximate surface area is 165 Å². The molecule has 0 aliphatic rings. The lowest BCUT2D eigenvalue weighted by atomic mass is 10.1. The minimum absolute atomic E-state index is 0.391. The maximum atomic E-state index is 12.3. The number of carbonyl (C=O) groups excluding carboxylic acids is 2. The highest BCUT2D eigenvalue weighted by Gasteiger charge is 2.17. The number of esters is 1. The SMILES string of the molecule is COc1ccc(C=CC(=O)OC(C)C(=O)Nc2cccc(C)c2C)c(OC)c1. The first-order valence-electron chi connectivity index (χ1n) is 8.83. The van der Waals surface area contributed by atoms with Crippen molar-refractivity contribution in [1.82, 2.24) is 0 Å². The first-order chi connectivity index (χ1) is 13.3. The third kappa shape index (κ3) is 5.36. The molecule has 6 nitrogen and oxygen atoms in total. The van der Waals surface area contributed by atoms with Gasteiger partial charge in [0.05, 0.1) is 14.2 Å². The number of nitrogens with one attached hydrogen (secondary N) is 1. The molecular weight excluding hydrogens is 358 g/mol. The lowest BCUT2D eigenvalue weighted by Crippen LogP contribution is -2.29. The van der Waals surface area contributed by atoms with Crippen molar-refractivity contribution in [1.29, 1.82) is 0 Å². The van der Waals surface area contributed by atoms with Crippen LogP contribution < -0.4 is 14.8 Å². The van der Waals surface area contributed by atoms with E-state index in [0.717, 1.165) is 11.1 Å². The van der Waals surface area contributed by atoms with Crippen LogP contribution in [0.4, 0.5) is 5.69 Å². The van der Waals surface area contributed by atoms with Crippen LogP contribution in [-0.4, -0.2) is 32.2 Å². The second kappa shape index (κ2) is 9.60. The minimum Gasteiger partial charge on any atom is -0.497 e. The third-order valence-corrected chi connectivity index (χ3v) is 4.36. The van der Waals surface area contributed by atoms with Gasteiger partial charge in [0, 0.05) is 23.4 Å². The maximum absolute atomic E-state index is 12.3. The Morgan fingerprint density at radius 3 is 2.50 bits per heavy atom. The van der Waals surface area contributed by atoms with Crippen LogP contribution in [0.1, 0.15) is 23.6 Å². The fourth-order valence-electron chi connectivity index (χ4n) is 2.50. The summed E-state index contributed by atoms with van der Waals surface area (Å²) in [6.45, 7) is 5.42. The number of ether oxygens (including phenoxy) is 3. The van der Waals surface area contributed by atoms with E-state index in [0.29, 0.717) is 22.7 Å². The van der Waals surface area contributed by atoms with Gasteiger partial charge in [-0.2, -0.15) is 0 Å². The smallest absolute Gasteiger partial charge is 0.331 e. The topological polar surface area (TPSA) is 73.9 Å². The molecule has 0 fully saturated rings. The molecule has 2 aromatic carbocycles. The lowest BCUT2D eigenvalue weighted by Gasteiger charge is -2.14. The second-order valence-corrected chi connectivity index (χ2v) is 6.26. The van der Waals surface area contributed by atoms with Gasteiger partial charge in [-0.05, 0) is 56.2 Å². The summed E-state index contributed by atoms with van der Waals surface area (Å²) in [5.41, 5.74) is 3.43. The van der Waals surface area contributed by atoms with Crippen LogP contribution in [0.15, 0.2) is 42.5 Å². The molecule has 2 aromatic rings. The first kappa shape index (κ1) is 21.0. The summed E-state index contributed by atoms with van der Waals surface area (Å²) in [5.74, 6) is 0.191. The molecule has 0 spiro atoms. The van der Waals surface area contributed by atoms with Gasteiger partial charge in [-0.1, -0.05) is 12.1 Å². The fraction of sp³-hybridized carbons (Fsp3) is 0.273. The number of methoxy groups -OCH3 is 2. The number of hydrogen-bond acceptors (Lipinski definition) is 5. The van der Waals surface area contributed by atoms with Crippen molar-refractivity contribution in [2.24, 2.45) is 0 Å². The minimum atomic E-state index is -0.935. The standard InChI is InChI=1S/C22H25NO5/c1-14-7-6-8-19(15(14)2)23-22(25)16(3)28-21(24)12-10-17-9-11-18(26-4)13-20(17)27-5/h6-13,16H,1-5H3,(H,23,25). The molecule has 1 unspecified atom stereocenters. The first-order valence-corrected chi connectivity index (χ1v) is 8.83. The van der Waals surface area contributed by atoms with Crippen molar-refractivity contribution in [3.63, 3.8) is 0 Å². The van der Waals surface area contributed by atoms with Crippen LogP contribution in [0.2, 0.25) is 0 Å². The molecule has 1 N–H and O–H groups in total. The normalized spacial score (nSPS) is 11.8. The number of amides is 1. The van der Waals surface area contributed by atoms with Gasteiger partial charge in [0.1, 0.15) is 11.5 Å². The van der Waals surface area contributed by atoms with E-state index in [-0.39, 0.29) is 0 Å². The van der Waals surface area contributed by atoms with Gasteiger partial charge in [0.25, 0.3) is 5.91 Å². The summed E-state index contributed by atoms with van der Waals surface area (Å²) in [4.78, 5) is 24.4. The Balaban J connectivity index is 1.99. The number of benzene rings is 2. The van der Waals surface area contributed by atoms with Crippen molar-refractivity contribution in [2.45, 2.75) is 26.9 Å². The molecule has 0 aromatic heterocycles. The number of anilines is 1. The molecule has 0 aliphatic heterocycles. The predicted molar refractivity (Wildman–Crippen MR) is 109 cm³/mol. The molecular formula is C22H25NO5. The van der Waals surface area contributed by atoms with Gasteiger partial charge in [-0.25, -0.2) is 4.79 Å². The Morgan fingerprint density at radius 2 is 1.82 bits per heavy atom. The number of rotatable bonds is 7. The molecule has 2 rings (SSSR count). The summed E-state index contributed by atoms with van der Waals surface area (Å²) in [6.07, 6.45) is 1.89. The summed E-state index contributed by atoms with van der Waals surface area (Å²) in [6, 6.07) is 10.9. The molecule has 0 saturated carbocycles. The quantitative estimate of drug-likeness (QED) is 0.580. The number of carbonyl (C=O) groups is 2. The number of hydrogen-bond donors (Lipinski definition) is 1. The zero-order valence-corrected chi connectivity index (χ0v) is 16.7. The van der Waals surface area contributed by atoms with E-state index >= 15 is 0 Å². The van der Waals surface area contributed by atoms with Crippen LogP contribution in [0.25, 0.3) is 6.08 Å². The predicted octanol–water partition coefficient (Wildman–Crippen LogP) is 3.90. The van der Waals surface area contributed by atoms with Crippen LogP contribution in [0.3, 0.4) is 0 Å². The fourth-order valence-corrected chi connectivity index (χ4v) is 2.50. The van der Waals surface area contributed by atoms with E-state index < -0.39 is 18.0 Å². The Bertz CT molecular complexity index is 888. The number of aryl methyl sites for hydroxylation is 1. The van der Waals surface area contributed by atoms with Crippen LogP contribution in [-0.2, 0) is 14.3 Å². The zero-order valence-electron chi connectivity index (χ0n) is 16.7. The van der Waals surface area contributed by atoms with Gasteiger partial charge in [-0.15, -0.1) is 0 Å². The zero-order chi connectivity index (χ0) is 20.7. The molecule has 0 radical (unpaired) electrons. The summed E-state index contributed by atoms with van der Waals surface area (Å²) in [7, 11) is 3.09. The van der Waals surface area contributed by atoms with Gasteiger partial charge in [0.15, 0.2) is 6.10 Å². The van der Waals surface area contributed by atoms with Crippen molar-refractivity contribution in [3.8, 4) is 11.5 Å². The molecule has 0 heterocycles. The third-order valence-electron chi connectivity index (χ3n) is 4.36. The molecule has 1 atom stereocenters. The Kier molecular flexibility index (Phi) is 7.21. The van der Waals surface area contributed by atoms with Gasteiger partial charge in [-0.3, -0.25) is 4.79 Å².